The van der Waals surface area contributed by atoms with Crippen LogP contribution in [-0.2, 0) is 26.3 Å². The first-order valence-electron chi connectivity index (χ1n) is 8.86. The molecule has 0 aliphatic heterocycles. The molecule has 0 saturated heterocycles. The maximum Gasteiger partial charge on any atom is 0.317 e. The number of amides is 1. The summed E-state index contributed by atoms with van der Waals surface area (Å²) in [4.78, 5) is 24.6. The molecule has 3 rings (SSSR count). The molecule has 0 heterocycles. The molecule has 0 spiro atoms. The van der Waals surface area contributed by atoms with E-state index in [9.17, 15) is 14.0 Å². The normalized spacial score (nSPS) is 14.9. The van der Waals surface area contributed by atoms with Crippen molar-refractivity contribution in [3.05, 3.63) is 70.0 Å². The lowest BCUT2D eigenvalue weighted by Gasteiger charge is -2.39. The summed E-state index contributed by atoms with van der Waals surface area (Å²) in [5.74, 6) is -1.13. The number of benzene rings is 2. The Kier molecular flexibility index (Phi) is 5.80. The molecule has 142 valence electrons. The molecule has 6 heteroatoms. The van der Waals surface area contributed by atoms with Gasteiger partial charge in [0.25, 0.3) is 5.91 Å². The summed E-state index contributed by atoms with van der Waals surface area (Å²) >= 11 is 5.92. The Hall–Kier alpha value is -2.40. The number of carbonyl (C=O) groups is 2. The molecule has 27 heavy (non-hydrogen) atoms. The van der Waals surface area contributed by atoms with Gasteiger partial charge >= 0.3 is 5.97 Å². The largest absolute Gasteiger partial charge is 0.455 e. The van der Waals surface area contributed by atoms with Gasteiger partial charge in [-0.3, -0.25) is 9.59 Å². The molecule has 4 nitrogen and oxygen atoms in total. The first-order chi connectivity index (χ1) is 12.9. The van der Waals surface area contributed by atoms with Gasteiger partial charge in [-0.1, -0.05) is 42.3 Å². The van der Waals surface area contributed by atoms with Crippen LogP contribution in [0.5, 0.6) is 0 Å². The molecule has 2 aromatic rings. The van der Waals surface area contributed by atoms with E-state index >= 15 is 0 Å². The van der Waals surface area contributed by atoms with Crippen molar-refractivity contribution >= 4 is 23.5 Å². The Morgan fingerprint density at radius 2 is 1.89 bits per heavy atom. The van der Waals surface area contributed by atoms with Crippen molar-refractivity contribution in [3.8, 4) is 0 Å². The molecule has 1 saturated carbocycles. The molecule has 0 bridgehead atoms. The van der Waals surface area contributed by atoms with E-state index in [4.69, 9.17) is 16.3 Å². The number of halogens is 2. The van der Waals surface area contributed by atoms with Gasteiger partial charge in [-0.15, -0.1) is 0 Å². The Morgan fingerprint density at radius 1 is 1.19 bits per heavy atom. The standard InChI is InChI=1S/C21H21ClFNO3/c1-14-3-4-15(11-18(14)23)12-24-19(25)13-27-20(26)21(9-2-10-21)16-5-7-17(22)8-6-16/h3-8,11H,2,9-10,12-13H2,1H3,(H,24,25). The van der Waals surface area contributed by atoms with Crippen LogP contribution in [0, 0.1) is 12.7 Å². The Morgan fingerprint density at radius 3 is 2.48 bits per heavy atom. The lowest BCUT2D eigenvalue weighted by molar-refractivity contribution is -0.157. The molecular formula is C21H21ClFNO3. The molecule has 2 aromatic carbocycles. The number of esters is 1. The molecule has 0 radical (unpaired) electrons. The fourth-order valence-electron chi connectivity index (χ4n) is 3.18. The Balaban J connectivity index is 1.54. The highest BCUT2D eigenvalue weighted by Crippen LogP contribution is 2.45. The minimum atomic E-state index is -0.690. The number of nitrogens with one attached hydrogen (secondary N) is 1. The SMILES string of the molecule is Cc1ccc(CNC(=O)COC(=O)C2(c3ccc(Cl)cc3)CCC2)cc1F. The van der Waals surface area contributed by atoms with Crippen molar-refractivity contribution in [2.75, 3.05) is 6.61 Å². The fraction of sp³-hybridized carbons (Fsp3) is 0.333. The quantitative estimate of drug-likeness (QED) is 0.758. The van der Waals surface area contributed by atoms with Gasteiger partial charge in [0.05, 0.1) is 5.41 Å². The minimum Gasteiger partial charge on any atom is -0.455 e. The van der Waals surface area contributed by atoms with Gasteiger partial charge < -0.3 is 10.1 Å². The first-order valence-corrected chi connectivity index (χ1v) is 9.23. The Bertz CT molecular complexity index is 847. The fourth-order valence-corrected chi connectivity index (χ4v) is 3.30. The predicted octanol–water partition coefficient (Wildman–Crippen LogP) is 4.07. The zero-order valence-electron chi connectivity index (χ0n) is 15.1. The molecule has 1 aliphatic carbocycles. The van der Waals surface area contributed by atoms with E-state index in [-0.39, 0.29) is 19.0 Å². The smallest absolute Gasteiger partial charge is 0.317 e. The highest BCUT2D eigenvalue weighted by atomic mass is 35.5. The van der Waals surface area contributed by atoms with Crippen LogP contribution in [0.2, 0.25) is 5.02 Å². The summed E-state index contributed by atoms with van der Waals surface area (Å²) in [7, 11) is 0. The number of aryl methyl sites for hydroxylation is 1. The van der Waals surface area contributed by atoms with Crippen molar-refractivity contribution < 1.29 is 18.7 Å². The molecule has 1 aliphatic rings. The summed E-state index contributed by atoms with van der Waals surface area (Å²) in [5, 5.41) is 3.24. The van der Waals surface area contributed by atoms with Gasteiger partial charge in [0.15, 0.2) is 6.61 Å². The predicted molar refractivity (Wildman–Crippen MR) is 101 cm³/mol. The third-order valence-electron chi connectivity index (χ3n) is 5.05. The number of hydrogen-bond donors (Lipinski definition) is 1. The van der Waals surface area contributed by atoms with E-state index in [0.29, 0.717) is 29.0 Å². The van der Waals surface area contributed by atoms with Gasteiger partial charge in [-0.2, -0.15) is 0 Å². The van der Waals surface area contributed by atoms with Crippen LogP contribution in [0.4, 0.5) is 4.39 Å². The van der Waals surface area contributed by atoms with Crippen molar-refractivity contribution in [1.82, 2.24) is 5.32 Å². The summed E-state index contributed by atoms with van der Waals surface area (Å²) in [6.07, 6.45) is 2.32. The van der Waals surface area contributed by atoms with Gasteiger partial charge in [-0.25, -0.2) is 4.39 Å². The zero-order chi connectivity index (χ0) is 19.4. The van der Waals surface area contributed by atoms with Crippen LogP contribution < -0.4 is 5.32 Å². The van der Waals surface area contributed by atoms with Crippen molar-refractivity contribution in [1.29, 1.82) is 0 Å². The average Bonchev–Trinajstić information content (AvgIpc) is 2.61. The molecule has 0 aromatic heterocycles. The first kappa shape index (κ1) is 19.4. The molecule has 1 fully saturated rings. The minimum absolute atomic E-state index is 0.176. The van der Waals surface area contributed by atoms with E-state index in [1.165, 1.54) is 6.07 Å². The monoisotopic (exact) mass is 389 g/mol. The highest BCUT2D eigenvalue weighted by molar-refractivity contribution is 6.30. The summed E-state index contributed by atoms with van der Waals surface area (Å²) in [6, 6.07) is 11.9. The number of hydrogen-bond acceptors (Lipinski definition) is 3. The second-order valence-electron chi connectivity index (χ2n) is 6.88. The van der Waals surface area contributed by atoms with E-state index < -0.39 is 17.3 Å². The van der Waals surface area contributed by atoms with Gasteiger partial charge in [0.2, 0.25) is 0 Å². The molecular weight excluding hydrogens is 369 g/mol. The van der Waals surface area contributed by atoms with Crippen LogP contribution >= 0.6 is 11.6 Å². The zero-order valence-corrected chi connectivity index (χ0v) is 15.8. The lowest BCUT2D eigenvalue weighted by Crippen LogP contribution is -2.44. The van der Waals surface area contributed by atoms with E-state index in [1.807, 2.05) is 12.1 Å². The second kappa shape index (κ2) is 8.09. The van der Waals surface area contributed by atoms with Crippen LogP contribution in [0.3, 0.4) is 0 Å². The topological polar surface area (TPSA) is 55.4 Å². The Labute approximate surface area is 162 Å². The second-order valence-corrected chi connectivity index (χ2v) is 7.32. The molecule has 0 atom stereocenters. The third kappa shape index (κ3) is 4.30. The number of rotatable bonds is 6. The van der Waals surface area contributed by atoms with E-state index in [2.05, 4.69) is 5.32 Å². The van der Waals surface area contributed by atoms with E-state index in [1.54, 1.807) is 31.2 Å². The third-order valence-corrected chi connectivity index (χ3v) is 5.31. The van der Waals surface area contributed by atoms with E-state index in [0.717, 1.165) is 12.0 Å². The van der Waals surface area contributed by atoms with Crippen molar-refractivity contribution in [2.24, 2.45) is 0 Å². The van der Waals surface area contributed by atoms with Crippen molar-refractivity contribution in [2.45, 2.75) is 38.1 Å². The van der Waals surface area contributed by atoms with Crippen molar-refractivity contribution in [3.63, 3.8) is 0 Å². The lowest BCUT2D eigenvalue weighted by atomic mass is 9.64. The maximum absolute atomic E-state index is 13.5. The van der Waals surface area contributed by atoms with Crippen LogP contribution in [0.15, 0.2) is 42.5 Å². The molecule has 0 unspecified atom stereocenters. The highest BCUT2D eigenvalue weighted by Gasteiger charge is 2.47. The summed E-state index contributed by atoms with van der Waals surface area (Å²) in [6.45, 7) is 1.49. The van der Waals surface area contributed by atoms with Crippen LogP contribution in [0.25, 0.3) is 0 Å². The van der Waals surface area contributed by atoms with Gasteiger partial charge in [-0.05, 0) is 54.7 Å². The van der Waals surface area contributed by atoms with Gasteiger partial charge in [0.1, 0.15) is 5.82 Å². The maximum atomic E-state index is 13.5. The van der Waals surface area contributed by atoms with Crippen LogP contribution in [-0.4, -0.2) is 18.5 Å². The van der Waals surface area contributed by atoms with Crippen LogP contribution in [0.1, 0.15) is 36.0 Å². The van der Waals surface area contributed by atoms with Gasteiger partial charge in [0, 0.05) is 11.6 Å². The number of ether oxygens (including phenoxy) is 1. The summed E-state index contributed by atoms with van der Waals surface area (Å²) in [5.41, 5.74) is 1.37. The summed E-state index contributed by atoms with van der Waals surface area (Å²) < 4.78 is 18.8. The average molecular weight is 390 g/mol. The number of carbonyl (C=O) groups excluding carboxylic acids is 2. The molecule has 1 amide bonds. The molecule has 1 N–H and O–H groups in total.